The first-order chi connectivity index (χ1) is 12.0. The Kier molecular flexibility index (Phi) is 5.06. The standard InChI is InChI=1S/C18H20N2O4S/c1-19-18(21)17-12-15(24-14-8-4-2-5-9-14)13-20(17)25(22,23)16-10-6-3-7-11-16/h2-11,15,17H,12-13H2,1H3,(H,19,21)/t15-,17+/m0/s1. The number of sulfonamides is 1. The molecule has 25 heavy (non-hydrogen) atoms. The first kappa shape index (κ1) is 17.4. The fraction of sp³-hybridized carbons (Fsp3) is 0.278. The van der Waals surface area contributed by atoms with Gasteiger partial charge >= 0.3 is 0 Å². The summed E-state index contributed by atoms with van der Waals surface area (Å²) in [6, 6.07) is 16.5. The average Bonchev–Trinajstić information content (AvgIpc) is 3.07. The fourth-order valence-electron chi connectivity index (χ4n) is 2.94. The lowest BCUT2D eigenvalue weighted by Gasteiger charge is -2.22. The quantitative estimate of drug-likeness (QED) is 0.880. The Bertz CT molecular complexity index is 825. The summed E-state index contributed by atoms with van der Waals surface area (Å²) < 4.78 is 33.0. The van der Waals surface area contributed by atoms with Gasteiger partial charge in [0.25, 0.3) is 0 Å². The maximum atomic E-state index is 13.0. The number of nitrogens with one attached hydrogen (secondary N) is 1. The second-order valence-electron chi connectivity index (χ2n) is 5.81. The van der Waals surface area contributed by atoms with E-state index in [9.17, 15) is 13.2 Å². The summed E-state index contributed by atoms with van der Waals surface area (Å²) in [6.07, 6.45) is -0.0798. The van der Waals surface area contributed by atoms with Crippen LogP contribution < -0.4 is 10.1 Å². The number of hydrogen-bond donors (Lipinski definition) is 1. The van der Waals surface area contributed by atoms with Crippen LogP contribution in [0.5, 0.6) is 5.75 Å². The highest BCUT2D eigenvalue weighted by molar-refractivity contribution is 7.89. The third kappa shape index (κ3) is 3.67. The van der Waals surface area contributed by atoms with Gasteiger partial charge in [0.2, 0.25) is 15.9 Å². The maximum Gasteiger partial charge on any atom is 0.243 e. The van der Waals surface area contributed by atoms with Crippen molar-refractivity contribution in [2.24, 2.45) is 0 Å². The molecule has 2 aromatic carbocycles. The summed E-state index contributed by atoms with van der Waals surface area (Å²) in [5, 5.41) is 2.54. The Morgan fingerprint density at radius 1 is 1.08 bits per heavy atom. The Hall–Kier alpha value is -2.38. The molecule has 6 nitrogen and oxygen atoms in total. The summed E-state index contributed by atoms with van der Waals surface area (Å²) in [7, 11) is -2.27. The van der Waals surface area contributed by atoms with Gasteiger partial charge in [-0.25, -0.2) is 8.42 Å². The van der Waals surface area contributed by atoms with Crippen LogP contribution in [0.4, 0.5) is 0 Å². The van der Waals surface area contributed by atoms with E-state index in [2.05, 4.69) is 5.32 Å². The molecule has 2 atom stereocenters. The molecule has 1 saturated heterocycles. The van der Waals surface area contributed by atoms with E-state index < -0.39 is 16.1 Å². The molecular weight excluding hydrogens is 340 g/mol. The van der Waals surface area contributed by atoms with Gasteiger partial charge in [-0.05, 0) is 24.3 Å². The van der Waals surface area contributed by atoms with Crippen LogP contribution in [-0.2, 0) is 14.8 Å². The highest BCUT2D eigenvalue weighted by Gasteiger charge is 2.44. The van der Waals surface area contributed by atoms with Crippen LogP contribution in [0.15, 0.2) is 65.6 Å². The van der Waals surface area contributed by atoms with E-state index in [1.165, 1.54) is 23.5 Å². The summed E-state index contributed by atoms with van der Waals surface area (Å²) in [6.45, 7) is 0.129. The van der Waals surface area contributed by atoms with Crippen molar-refractivity contribution in [3.63, 3.8) is 0 Å². The summed E-state index contributed by atoms with van der Waals surface area (Å²) in [4.78, 5) is 12.4. The molecule has 0 radical (unpaired) electrons. The molecule has 1 aliphatic rings. The summed E-state index contributed by atoms with van der Waals surface area (Å²) >= 11 is 0. The van der Waals surface area contributed by atoms with Gasteiger partial charge in [0.05, 0.1) is 11.4 Å². The molecular formula is C18H20N2O4S. The lowest BCUT2D eigenvalue weighted by molar-refractivity contribution is -0.123. The van der Waals surface area contributed by atoms with E-state index in [-0.39, 0.29) is 23.5 Å². The predicted octanol–water partition coefficient (Wildman–Crippen LogP) is 1.64. The highest BCUT2D eigenvalue weighted by atomic mass is 32.2. The van der Waals surface area contributed by atoms with Gasteiger partial charge in [-0.3, -0.25) is 4.79 Å². The van der Waals surface area contributed by atoms with Gasteiger partial charge in [-0.1, -0.05) is 36.4 Å². The van der Waals surface area contributed by atoms with E-state index >= 15 is 0 Å². The molecule has 1 heterocycles. The van der Waals surface area contributed by atoms with Gasteiger partial charge < -0.3 is 10.1 Å². The van der Waals surface area contributed by atoms with Crippen molar-refractivity contribution in [3.05, 3.63) is 60.7 Å². The van der Waals surface area contributed by atoms with Crippen molar-refractivity contribution in [2.75, 3.05) is 13.6 Å². The molecule has 1 aliphatic heterocycles. The molecule has 0 saturated carbocycles. The van der Waals surface area contributed by atoms with E-state index in [4.69, 9.17) is 4.74 Å². The first-order valence-corrected chi connectivity index (χ1v) is 9.46. The smallest absolute Gasteiger partial charge is 0.243 e. The van der Waals surface area contributed by atoms with Crippen LogP contribution in [0.2, 0.25) is 0 Å². The molecule has 0 aromatic heterocycles. The number of amides is 1. The van der Waals surface area contributed by atoms with Crippen molar-refractivity contribution in [3.8, 4) is 5.75 Å². The van der Waals surface area contributed by atoms with Crippen LogP contribution in [0.1, 0.15) is 6.42 Å². The van der Waals surface area contributed by atoms with Crippen LogP contribution in [-0.4, -0.2) is 44.4 Å². The number of nitrogens with zero attached hydrogens (tertiary/aromatic N) is 1. The molecule has 1 fully saturated rings. The molecule has 7 heteroatoms. The van der Waals surface area contributed by atoms with Crippen LogP contribution in [0, 0.1) is 0 Å². The molecule has 0 bridgehead atoms. The number of hydrogen-bond acceptors (Lipinski definition) is 4. The van der Waals surface area contributed by atoms with Crippen molar-refractivity contribution in [1.82, 2.24) is 9.62 Å². The number of carbonyl (C=O) groups is 1. The van der Waals surface area contributed by atoms with Gasteiger partial charge in [0.1, 0.15) is 17.9 Å². The SMILES string of the molecule is CNC(=O)[C@H]1C[C@H](Oc2ccccc2)CN1S(=O)(=O)c1ccccc1. The predicted molar refractivity (Wildman–Crippen MR) is 93.7 cm³/mol. The third-order valence-corrected chi connectivity index (χ3v) is 6.05. The van der Waals surface area contributed by atoms with Crippen molar-refractivity contribution in [2.45, 2.75) is 23.5 Å². The summed E-state index contributed by atoms with van der Waals surface area (Å²) in [5.41, 5.74) is 0. The minimum Gasteiger partial charge on any atom is -0.489 e. The lowest BCUT2D eigenvalue weighted by Crippen LogP contribution is -2.44. The molecule has 3 rings (SSSR count). The fourth-order valence-corrected chi connectivity index (χ4v) is 4.60. The number of likely N-dealkylation sites (N-methyl/N-ethyl adjacent to an activating group) is 1. The second kappa shape index (κ2) is 7.25. The van der Waals surface area contributed by atoms with E-state index in [1.807, 2.05) is 30.3 Å². The minimum atomic E-state index is -3.78. The topological polar surface area (TPSA) is 75.7 Å². The number of benzene rings is 2. The van der Waals surface area contributed by atoms with Gasteiger partial charge in [0.15, 0.2) is 0 Å². The minimum absolute atomic E-state index is 0.129. The molecule has 1 N–H and O–H groups in total. The first-order valence-electron chi connectivity index (χ1n) is 8.02. The zero-order valence-corrected chi connectivity index (χ0v) is 14.6. The molecule has 1 amide bonds. The highest BCUT2D eigenvalue weighted by Crippen LogP contribution is 2.29. The van der Waals surface area contributed by atoms with Gasteiger partial charge in [-0.2, -0.15) is 4.31 Å². The zero-order valence-electron chi connectivity index (χ0n) is 13.8. The maximum absolute atomic E-state index is 13.0. The van der Waals surface area contributed by atoms with E-state index in [0.29, 0.717) is 12.2 Å². The number of para-hydroxylation sites is 1. The van der Waals surface area contributed by atoms with Gasteiger partial charge in [-0.15, -0.1) is 0 Å². The van der Waals surface area contributed by atoms with Crippen LogP contribution >= 0.6 is 0 Å². The average molecular weight is 360 g/mol. The Labute approximate surface area is 147 Å². The Morgan fingerprint density at radius 3 is 2.28 bits per heavy atom. The summed E-state index contributed by atoms with van der Waals surface area (Å²) in [5.74, 6) is 0.320. The second-order valence-corrected chi connectivity index (χ2v) is 7.70. The molecule has 0 aliphatic carbocycles. The number of ether oxygens (including phenoxy) is 1. The molecule has 0 unspecified atom stereocenters. The van der Waals surface area contributed by atoms with Gasteiger partial charge in [0, 0.05) is 13.5 Å². The third-order valence-electron chi connectivity index (χ3n) is 4.16. The molecule has 132 valence electrons. The Balaban J connectivity index is 1.87. The van der Waals surface area contributed by atoms with E-state index in [0.717, 1.165) is 0 Å². The van der Waals surface area contributed by atoms with Crippen LogP contribution in [0.3, 0.4) is 0 Å². The Morgan fingerprint density at radius 2 is 1.68 bits per heavy atom. The van der Waals surface area contributed by atoms with Crippen molar-refractivity contribution < 1.29 is 17.9 Å². The van der Waals surface area contributed by atoms with E-state index in [1.54, 1.807) is 18.2 Å². The van der Waals surface area contributed by atoms with Crippen LogP contribution in [0.25, 0.3) is 0 Å². The number of carbonyl (C=O) groups excluding carboxylic acids is 1. The zero-order chi connectivity index (χ0) is 17.9. The molecule has 0 spiro atoms. The normalized spacial score (nSPS) is 21.0. The molecule has 2 aromatic rings. The van der Waals surface area contributed by atoms with Crippen molar-refractivity contribution >= 4 is 15.9 Å². The van der Waals surface area contributed by atoms with Crippen molar-refractivity contribution in [1.29, 1.82) is 0 Å². The number of rotatable bonds is 5. The lowest BCUT2D eigenvalue weighted by atomic mass is 10.2. The largest absolute Gasteiger partial charge is 0.489 e. The monoisotopic (exact) mass is 360 g/mol.